The maximum Gasteiger partial charge on any atom is 0.251 e. The van der Waals surface area contributed by atoms with E-state index in [1.165, 1.54) is 17.5 Å². The van der Waals surface area contributed by atoms with Gasteiger partial charge in [0.15, 0.2) is 5.16 Å². The first-order valence-corrected chi connectivity index (χ1v) is 9.74. The van der Waals surface area contributed by atoms with E-state index in [1.807, 2.05) is 30.3 Å². The molecular formula is C20H20N4OS. The number of carbonyl (C=O) groups is 1. The fraction of sp³-hybridized carbons (Fsp3) is 0.250. The topological polar surface area (TPSA) is 70.7 Å². The Kier molecular flexibility index (Phi) is 5.02. The quantitative estimate of drug-likeness (QED) is 0.674. The number of aryl methyl sites for hydroxylation is 1. The van der Waals surface area contributed by atoms with Crippen LogP contribution in [0.25, 0.3) is 0 Å². The largest absolute Gasteiger partial charge is 0.345 e. The van der Waals surface area contributed by atoms with E-state index < -0.39 is 0 Å². The van der Waals surface area contributed by atoms with Gasteiger partial charge in [0.1, 0.15) is 6.33 Å². The predicted molar refractivity (Wildman–Crippen MR) is 102 cm³/mol. The van der Waals surface area contributed by atoms with Crippen molar-refractivity contribution in [1.82, 2.24) is 20.5 Å². The standard InChI is InChI=1S/C20H20N4OS/c25-19(23-18-7-3-5-15-4-1-2-6-17(15)18)16-10-8-14(9-11-16)12-26-20-21-13-22-24-20/h1-2,4,6,8-11,13,18H,3,5,7,12H2,(H,23,25)(H,21,22,24)/t18-/m0/s1. The van der Waals surface area contributed by atoms with Crippen molar-refractivity contribution in [3.8, 4) is 0 Å². The first-order valence-electron chi connectivity index (χ1n) is 8.75. The zero-order valence-electron chi connectivity index (χ0n) is 14.3. The van der Waals surface area contributed by atoms with Crippen molar-refractivity contribution >= 4 is 17.7 Å². The van der Waals surface area contributed by atoms with E-state index in [-0.39, 0.29) is 11.9 Å². The Labute approximate surface area is 156 Å². The third-order valence-corrected chi connectivity index (χ3v) is 5.61. The van der Waals surface area contributed by atoms with Gasteiger partial charge in [-0.25, -0.2) is 4.98 Å². The van der Waals surface area contributed by atoms with E-state index in [0.29, 0.717) is 5.56 Å². The molecule has 0 bridgehead atoms. The molecule has 4 rings (SSSR count). The number of carbonyl (C=O) groups excluding carboxylic acids is 1. The summed E-state index contributed by atoms with van der Waals surface area (Å²) in [5.74, 6) is 0.772. The molecule has 0 spiro atoms. The summed E-state index contributed by atoms with van der Waals surface area (Å²) in [5.41, 5.74) is 4.45. The molecule has 6 heteroatoms. The van der Waals surface area contributed by atoms with Gasteiger partial charge in [-0.2, -0.15) is 5.10 Å². The smallest absolute Gasteiger partial charge is 0.251 e. The van der Waals surface area contributed by atoms with Crippen LogP contribution in [0.3, 0.4) is 0 Å². The van der Waals surface area contributed by atoms with Gasteiger partial charge in [0, 0.05) is 11.3 Å². The highest BCUT2D eigenvalue weighted by molar-refractivity contribution is 7.98. The summed E-state index contributed by atoms with van der Waals surface area (Å²) in [6.07, 6.45) is 4.70. The van der Waals surface area contributed by atoms with E-state index in [0.717, 1.165) is 35.7 Å². The van der Waals surface area contributed by atoms with Gasteiger partial charge >= 0.3 is 0 Å². The Morgan fingerprint density at radius 2 is 2.04 bits per heavy atom. The number of amides is 1. The molecule has 0 aliphatic heterocycles. The minimum Gasteiger partial charge on any atom is -0.345 e. The molecule has 0 unspecified atom stereocenters. The zero-order chi connectivity index (χ0) is 17.8. The monoisotopic (exact) mass is 364 g/mol. The summed E-state index contributed by atoms with van der Waals surface area (Å²) < 4.78 is 0. The molecule has 2 aromatic carbocycles. The number of rotatable bonds is 5. The lowest BCUT2D eigenvalue weighted by molar-refractivity contribution is 0.0933. The van der Waals surface area contributed by atoms with Gasteiger partial charge < -0.3 is 5.32 Å². The van der Waals surface area contributed by atoms with Crippen LogP contribution in [0.5, 0.6) is 0 Å². The summed E-state index contributed by atoms with van der Waals surface area (Å²) in [4.78, 5) is 16.7. The fourth-order valence-corrected chi connectivity index (χ4v) is 4.05. The van der Waals surface area contributed by atoms with Gasteiger partial charge in [-0.3, -0.25) is 9.89 Å². The summed E-state index contributed by atoms with van der Waals surface area (Å²) >= 11 is 1.59. The van der Waals surface area contributed by atoms with Crippen molar-refractivity contribution in [2.75, 3.05) is 0 Å². The molecule has 0 saturated heterocycles. The van der Waals surface area contributed by atoms with Gasteiger partial charge in [0.25, 0.3) is 5.91 Å². The van der Waals surface area contributed by atoms with E-state index in [9.17, 15) is 4.79 Å². The highest BCUT2D eigenvalue weighted by Gasteiger charge is 2.21. The molecular weight excluding hydrogens is 344 g/mol. The molecule has 2 N–H and O–H groups in total. The van der Waals surface area contributed by atoms with E-state index in [2.05, 4.69) is 38.7 Å². The Morgan fingerprint density at radius 1 is 1.19 bits per heavy atom. The number of aromatic amines is 1. The molecule has 1 amide bonds. The lowest BCUT2D eigenvalue weighted by Crippen LogP contribution is -2.30. The number of nitrogens with one attached hydrogen (secondary N) is 2. The summed E-state index contributed by atoms with van der Waals surface area (Å²) in [7, 11) is 0. The van der Waals surface area contributed by atoms with Crippen LogP contribution in [-0.2, 0) is 12.2 Å². The fourth-order valence-electron chi connectivity index (χ4n) is 3.31. The van der Waals surface area contributed by atoms with Crippen LogP contribution < -0.4 is 5.32 Å². The molecule has 0 fully saturated rings. The van der Waals surface area contributed by atoms with Crippen molar-refractivity contribution in [2.24, 2.45) is 0 Å². The van der Waals surface area contributed by atoms with Crippen molar-refractivity contribution < 1.29 is 4.79 Å². The minimum atomic E-state index is -0.0128. The molecule has 1 aliphatic carbocycles. The van der Waals surface area contributed by atoms with E-state index in [1.54, 1.807) is 11.8 Å². The summed E-state index contributed by atoms with van der Waals surface area (Å²) in [6.45, 7) is 0. The second kappa shape index (κ2) is 7.74. The van der Waals surface area contributed by atoms with Crippen LogP contribution in [-0.4, -0.2) is 21.1 Å². The number of benzene rings is 2. The van der Waals surface area contributed by atoms with E-state index in [4.69, 9.17) is 0 Å². The van der Waals surface area contributed by atoms with Crippen LogP contribution in [0, 0.1) is 0 Å². The first-order chi connectivity index (χ1) is 12.8. The Hall–Kier alpha value is -2.60. The Bertz CT molecular complexity index is 877. The van der Waals surface area contributed by atoms with Crippen LogP contribution in [0.15, 0.2) is 60.0 Å². The number of hydrogen-bond donors (Lipinski definition) is 2. The number of fused-ring (bicyclic) bond motifs is 1. The average molecular weight is 364 g/mol. The first kappa shape index (κ1) is 16.8. The lowest BCUT2D eigenvalue weighted by Gasteiger charge is -2.26. The second-order valence-corrected chi connectivity index (χ2v) is 7.36. The minimum absolute atomic E-state index is 0.0128. The third kappa shape index (κ3) is 3.80. The highest BCUT2D eigenvalue weighted by Crippen LogP contribution is 2.29. The van der Waals surface area contributed by atoms with Crippen molar-refractivity contribution in [3.63, 3.8) is 0 Å². The van der Waals surface area contributed by atoms with Crippen molar-refractivity contribution in [1.29, 1.82) is 0 Å². The molecule has 1 atom stereocenters. The maximum absolute atomic E-state index is 12.6. The number of thioether (sulfide) groups is 1. The van der Waals surface area contributed by atoms with Crippen molar-refractivity contribution in [3.05, 3.63) is 77.1 Å². The molecule has 5 nitrogen and oxygen atoms in total. The van der Waals surface area contributed by atoms with Crippen LogP contribution >= 0.6 is 11.8 Å². The van der Waals surface area contributed by atoms with Gasteiger partial charge in [-0.1, -0.05) is 48.2 Å². The number of H-pyrrole nitrogens is 1. The maximum atomic E-state index is 12.6. The highest BCUT2D eigenvalue weighted by atomic mass is 32.2. The van der Waals surface area contributed by atoms with Gasteiger partial charge in [0.2, 0.25) is 0 Å². The molecule has 0 saturated carbocycles. The van der Waals surface area contributed by atoms with Gasteiger partial charge in [-0.05, 0) is 48.1 Å². The normalized spacial score (nSPS) is 16.1. The molecule has 1 heterocycles. The Morgan fingerprint density at radius 3 is 2.85 bits per heavy atom. The number of nitrogens with zero attached hydrogens (tertiary/aromatic N) is 2. The summed E-state index contributed by atoms with van der Waals surface area (Å²) in [5, 5.41) is 10.7. The van der Waals surface area contributed by atoms with Gasteiger partial charge in [-0.15, -0.1) is 0 Å². The average Bonchev–Trinajstić information content (AvgIpc) is 3.21. The van der Waals surface area contributed by atoms with Crippen LogP contribution in [0.4, 0.5) is 0 Å². The SMILES string of the molecule is O=C(N[C@H]1CCCc2ccccc21)c1ccc(CSc2ncn[nH]2)cc1. The molecule has 1 aromatic heterocycles. The third-order valence-electron chi connectivity index (χ3n) is 4.66. The number of aromatic nitrogens is 3. The summed E-state index contributed by atoms with van der Waals surface area (Å²) in [6, 6.07) is 16.3. The molecule has 1 aliphatic rings. The van der Waals surface area contributed by atoms with Crippen molar-refractivity contribution in [2.45, 2.75) is 36.2 Å². The predicted octanol–water partition coefficient (Wildman–Crippen LogP) is 3.90. The molecule has 26 heavy (non-hydrogen) atoms. The van der Waals surface area contributed by atoms with Crippen LogP contribution in [0.2, 0.25) is 0 Å². The molecule has 3 aromatic rings. The second-order valence-electron chi connectivity index (χ2n) is 6.39. The number of hydrogen-bond acceptors (Lipinski definition) is 4. The molecule has 132 valence electrons. The Balaban J connectivity index is 1.39. The lowest BCUT2D eigenvalue weighted by atomic mass is 9.87. The molecule has 0 radical (unpaired) electrons. The zero-order valence-corrected chi connectivity index (χ0v) is 15.1. The van der Waals surface area contributed by atoms with E-state index >= 15 is 0 Å². The van der Waals surface area contributed by atoms with Crippen LogP contribution in [0.1, 0.15) is 45.9 Å². The van der Waals surface area contributed by atoms with Gasteiger partial charge in [0.05, 0.1) is 6.04 Å².